The lowest BCUT2D eigenvalue weighted by Crippen LogP contribution is -2.56. The molecule has 2 N–H and O–H groups in total. The van der Waals surface area contributed by atoms with Crippen LogP contribution in [0.2, 0.25) is 0 Å². The summed E-state index contributed by atoms with van der Waals surface area (Å²) in [5.41, 5.74) is 2.65. The van der Waals surface area contributed by atoms with Crippen molar-refractivity contribution in [1.29, 1.82) is 0 Å². The van der Waals surface area contributed by atoms with E-state index in [0.717, 1.165) is 57.8 Å². The smallest absolute Gasteiger partial charge is 0.309 e. The molecule has 0 spiro atoms. The number of aliphatic carboxylic acids is 1. The third-order valence-corrected chi connectivity index (χ3v) is 13.1. The first-order valence-electron chi connectivity index (χ1n) is 16.9. The summed E-state index contributed by atoms with van der Waals surface area (Å²) >= 11 is 0. The largest absolute Gasteiger partial charge is 0.481 e. The van der Waals surface area contributed by atoms with Crippen molar-refractivity contribution < 1.29 is 34.1 Å². The summed E-state index contributed by atoms with van der Waals surface area (Å²) < 4.78 is 10.7. The Morgan fingerprint density at radius 2 is 1.61 bits per heavy atom. The van der Waals surface area contributed by atoms with Gasteiger partial charge in [0, 0.05) is 5.41 Å². The lowest BCUT2D eigenvalue weighted by Gasteiger charge is -2.62. The van der Waals surface area contributed by atoms with Gasteiger partial charge in [-0.05, 0) is 113 Å². The van der Waals surface area contributed by atoms with E-state index in [1.807, 2.05) is 0 Å². The molecule has 0 aromatic rings. The number of fused-ring (bicyclic) bond motifs is 4. The molecule has 0 aliphatic heterocycles. The third kappa shape index (κ3) is 6.03. The van der Waals surface area contributed by atoms with Crippen LogP contribution in [-0.4, -0.2) is 46.9 Å². The first-order valence-corrected chi connectivity index (χ1v) is 16.9. The molecule has 0 heterocycles. The molecule has 1 unspecified atom stereocenters. The van der Waals surface area contributed by atoms with Gasteiger partial charge in [-0.2, -0.15) is 0 Å². The third-order valence-electron chi connectivity index (χ3n) is 13.1. The summed E-state index contributed by atoms with van der Waals surface area (Å²) in [6, 6.07) is 0. The van der Waals surface area contributed by atoms with Crippen molar-refractivity contribution in [3.63, 3.8) is 0 Å². The van der Waals surface area contributed by atoms with E-state index in [4.69, 9.17) is 4.74 Å². The zero-order chi connectivity index (χ0) is 32.9. The van der Waals surface area contributed by atoms with Crippen LogP contribution in [0.4, 0.5) is 0 Å². The minimum atomic E-state index is -1.52. The number of rotatable bonds is 10. The maximum atomic E-state index is 13.0. The summed E-state index contributed by atoms with van der Waals surface area (Å²) in [4.78, 5) is 37.3. The van der Waals surface area contributed by atoms with E-state index in [1.54, 1.807) is 11.1 Å². The number of hydrogen-bond donors (Lipinski definition) is 2. The van der Waals surface area contributed by atoms with Crippen molar-refractivity contribution in [1.82, 2.24) is 0 Å². The van der Waals surface area contributed by atoms with Crippen LogP contribution in [0.25, 0.3) is 0 Å². The van der Waals surface area contributed by atoms with Crippen molar-refractivity contribution in [2.75, 3.05) is 7.11 Å². The van der Waals surface area contributed by atoms with Crippen molar-refractivity contribution in [2.24, 2.45) is 39.4 Å². The average molecular weight is 615 g/mol. The van der Waals surface area contributed by atoms with E-state index < -0.39 is 23.5 Å². The quantitative estimate of drug-likeness (QED) is 0.191. The van der Waals surface area contributed by atoms with Crippen molar-refractivity contribution in [3.05, 3.63) is 22.8 Å². The van der Waals surface area contributed by atoms with Crippen molar-refractivity contribution in [2.45, 2.75) is 144 Å². The number of allylic oxidation sites excluding steroid dienone is 4. The lowest BCUT2D eigenvalue weighted by molar-refractivity contribution is -0.174. The molecule has 7 nitrogen and oxygen atoms in total. The number of carboxylic acids is 1. The van der Waals surface area contributed by atoms with Crippen LogP contribution in [0.5, 0.6) is 0 Å². The molecule has 7 heteroatoms. The monoisotopic (exact) mass is 614 g/mol. The van der Waals surface area contributed by atoms with Crippen LogP contribution in [0.3, 0.4) is 0 Å². The van der Waals surface area contributed by atoms with E-state index in [9.17, 15) is 24.6 Å². The Kier molecular flexibility index (Phi) is 9.64. The number of carbonyl (C=O) groups excluding carboxylic acids is 2. The molecule has 4 rings (SSSR count). The van der Waals surface area contributed by atoms with Crippen LogP contribution < -0.4 is 0 Å². The van der Waals surface area contributed by atoms with Crippen LogP contribution >= 0.6 is 0 Å². The Hall–Kier alpha value is -2.15. The molecule has 0 radical (unpaired) electrons. The maximum Gasteiger partial charge on any atom is 0.309 e. The molecule has 2 saturated carbocycles. The fraction of sp³-hybridized carbons (Fsp3) is 0.811. The number of methoxy groups -OCH3 is 1. The normalized spacial score (nSPS) is 36.2. The number of hydrogen-bond acceptors (Lipinski definition) is 6. The predicted octanol–water partition coefficient (Wildman–Crippen LogP) is 7.80. The first-order chi connectivity index (χ1) is 20.3. The second-order valence-corrected chi connectivity index (χ2v) is 16.4. The van der Waals surface area contributed by atoms with E-state index in [0.29, 0.717) is 12.3 Å². The fourth-order valence-electron chi connectivity index (χ4n) is 10.6. The number of carbonyl (C=O) groups is 3. The Morgan fingerprint density at radius 1 is 0.955 bits per heavy atom. The summed E-state index contributed by atoms with van der Waals surface area (Å²) in [6.07, 6.45) is 10.7. The van der Waals surface area contributed by atoms with Crippen LogP contribution in [0.1, 0.15) is 132 Å². The average Bonchev–Trinajstić information content (AvgIpc) is 3.18. The van der Waals surface area contributed by atoms with Gasteiger partial charge >= 0.3 is 17.9 Å². The topological polar surface area (TPSA) is 110 Å². The fourth-order valence-corrected chi connectivity index (χ4v) is 10.6. The molecule has 248 valence electrons. The van der Waals surface area contributed by atoms with E-state index >= 15 is 0 Å². The van der Waals surface area contributed by atoms with Gasteiger partial charge in [-0.3, -0.25) is 14.4 Å². The highest BCUT2D eigenvalue weighted by atomic mass is 16.5. The first kappa shape index (κ1) is 34.7. The Labute approximate surface area is 265 Å². The lowest BCUT2D eigenvalue weighted by atomic mass is 9.43. The molecule has 8 atom stereocenters. The van der Waals surface area contributed by atoms with Crippen molar-refractivity contribution >= 4 is 17.9 Å². The zero-order valence-corrected chi connectivity index (χ0v) is 28.8. The number of carboxylic acid groups (broad SMARTS) is 1. The van der Waals surface area contributed by atoms with Crippen molar-refractivity contribution in [3.8, 4) is 0 Å². The van der Waals surface area contributed by atoms with Gasteiger partial charge in [0.2, 0.25) is 0 Å². The summed E-state index contributed by atoms with van der Waals surface area (Å²) in [7, 11) is 1.27. The van der Waals surface area contributed by atoms with Gasteiger partial charge in [0.25, 0.3) is 0 Å². The van der Waals surface area contributed by atoms with Gasteiger partial charge in [0.1, 0.15) is 6.10 Å². The minimum Gasteiger partial charge on any atom is -0.481 e. The van der Waals surface area contributed by atoms with Gasteiger partial charge in [-0.15, -0.1) is 0 Å². The predicted molar refractivity (Wildman–Crippen MR) is 171 cm³/mol. The highest BCUT2D eigenvalue weighted by Crippen LogP contribution is 2.72. The highest BCUT2D eigenvalue weighted by Gasteiger charge is 2.64. The second-order valence-electron chi connectivity index (χ2n) is 16.4. The SMILES string of the molecule is COC(=O)CC(C)(O)CC(=O)O[C@@H]1CC[C@]2(C)C3=C(CC[C@H]2C1(C)C)[C@]1(C)CC[C@H]([C@@H](CCC=C(C)C)C(=O)O)[C@@]1(C)CC3. The molecule has 0 aromatic carbocycles. The molecular formula is C37H58O7. The Balaban J connectivity index is 1.55. The van der Waals surface area contributed by atoms with Gasteiger partial charge in [0.15, 0.2) is 0 Å². The van der Waals surface area contributed by atoms with Crippen LogP contribution in [-0.2, 0) is 23.9 Å². The molecule has 0 amide bonds. The number of esters is 2. The molecule has 0 saturated heterocycles. The van der Waals surface area contributed by atoms with E-state index in [-0.39, 0.29) is 52.4 Å². The van der Waals surface area contributed by atoms with Gasteiger partial charge < -0.3 is 19.7 Å². The molecule has 4 aliphatic rings. The Bertz CT molecular complexity index is 1210. The van der Waals surface area contributed by atoms with Gasteiger partial charge in [-0.25, -0.2) is 0 Å². The molecule has 4 aliphatic carbocycles. The van der Waals surface area contributed by atoms with Crippen LogP contribution in [0.15, 0.2) is 22.8 Å². The number of ether oxygens (including phenoxy) is 2. The Morgan fingerprint density at radius 3 is 2.23 bits per heavy atom. The molecule has 0 bridgehead atoms. The molecule has 0 aromatic heterocycles. The number of aliphatic hydroxyl groups is 1. The highest BCUT2D eigenvalue weighted by molar-refractivity contribution is 5.75. The van der Waals surface area contributed by atoms with Gasteiger partial charge in [-0.1, -0.05) is 57.4 Å². The maximum absolute atomic E-state index is 13.0. The van der Waals surface area contributed by atoms with Crippen LogP contribution in [0, 0.1) is 39.4 Å². The summed E-state index contributed by atoms with van der Waals surface area (Å²) in [5.74, 6) is -1.47. The van der Waals surface area contributed by atoms with E-state index in [1.165, 1.54) is 19.6 Å². The minimum absolute atomic E-state index is 0.00210. The molecule has 2 fully saturated rings. The second kappa shape index (κ2) is 12.2. The summed E-state index contributed by atoms with van der Waals surface area (Å²) in [6.45, 7) is 17.4. The molecule has 44 heavy (non-hydrogen) atoms. The standard InChI is InChI=1S/C37H58O7/c1-23(2)11-10-12-24(32(40)41)25-15-19-37(8)27-13-14-28-33(3,4)29(44-31(39)22-34(5,42)21-30(38)43-9)17-18-35(28,6)26(27)16-20-36(25,37)7/h11,24-25,28-29,42H,10,12-22H2,1-9H3,(H,40,41)/t24-,25-,28+,29-,34?,35-,36-,37+/m1/s1. The molecular weight excluding hydrogens is 556 g/mol. The van der Waals surface area contributed by atoms with Gasteiger partial charge in [0.05, 0.1) is 31.5 Å². The van der Waals surface area contributed by atoms with E-state index in [2.05, 4.69) is 59.3 Å². The zero-order valence-electron chi connectivity index (χ0n) is 28.8. The summed E-state index contributed by atoms with van der Waals surface area (Å²) in [5, 5.41) is 21.0.